The van der Waals surface area contributed by atoms with Gasteiger partial charge >= 0.3 is 5.97 Å². The molecule has 8 unspecified atom stereocenters. The molecular weight excluding hydrogens is 1110 g/mol. The number of ether oxygens (including phenoxy) is 3. The summed E-state index contributed by atoms with van der Waals surface area (Å²) in [4.78, 5) is 26.7. The highest BCUT2D eigenvalue weighted by Gasteiger charge is 2.47. The molecular formula is C78H133NO10. The minimum absolute atomic E-state index is 0.110. The fraction of sp³-hybridized carbons (Fsp3) is 0.718. The van der Waals surface area contributed by atoms with E-state index < -0.39 is 67.4 Å². The number of carbonyl (C=O) groups excluding carboxylic acids is 2. The molecule has 11 heteroatoms. The highest BCUT2D eigenvalue weighted by Crippen LogP contribution is 2.26. The van der Waals surface area contributed by atoms with E-state index in [4.69, 9.17) is 14.2 Å². The molecule has 1 saturated heterocycles. The molecule has 1 aliphatic heterocycles. The molecule has 6 N–H and O–H groups in total. The van der Waals surface area contributed by atoms with Gasteiger partial charge in [-0.15, -0.1) is 0 Å². The zero-order valence-corrected chi connectivity index (χ0v) is 56.8. The Kier molecular flexibility index (Phi) is 59.9. The molecule has 0 spiro atoms. The van der Waals surface area contributed by atoms with Crippen molar-refractivity contribution >= 4 is 11.9 Å². The molecule has 1 fully saturated rings. The Balaban J connectivity index is 2.56. The highest BCUT2D eigenvalue weighted by atomic mass is 16.7. The fourth-order valence-corrected chi connectivity index (χ4v) is 10.7. The van der Waals surface area contributed by atoms with Crippen LogP contribution in [0, 0.1) is 0 Å². The quantitative estimate of drug-likeness (QED) is 0.0195. The maximum atomic E-state index is 13.5. The summed E-state index contributed by atoms with van der Waals surface area (Å²) in [5, 5.41) is 57.3. The number of unbranched alkanes of at least 4 members (excludes halogenated alkanes) is 29. The summed E-state index contributed by atoms with van der Waals surface area (Å²) in [5.74, 6) is -1.21. The van der Waals surface area contributed by atoms with Crippen LogP contribution in [0.2, 0.25) is 0 Å². The van der Waals surface area contributed by atoms with E-state index >= 15 is 0 Å². The first-order valence-corrected chi connectivity index (χ1v) is 36.3. The van der Waals surface area contributed by atoms with Crippen LogP contribution >= 0.6 is 0 Å². The lowest BCUT2D eigenvalue weighted by Crippen LogP contribution is -2.61. The van der Waals surface area contributed by atoms with Crippen molar-refractivity contribution in [3.8, 4) is 0 Å². The van der Waals surface area contributed by atoms with Crippen molar-refractivity contribution in [1.82, 2.24) is 5.32 Å². The van der Waals surface area contributed by atoms with Crippen molar-refractivity contribution in [1.29, 1.82) is 0 Å². The second-order valence-corrected chi connectivity index (χ2v) is 24.6. The Labute approximate surface area is 544 Å². The van der Waals surface area contributed by atoms with Crippen LogP contribution in [0.4, 0.5) is 0 Å². The molecule has 1 rings (SSSR count). The third kappa shape index (κ3) is 51.3. The van der Waals surface area contributed by atoms with Crippen LogP contribution in [-0.2, 0) is 23.8 Å². The molecule has 510 valence electrons. The van der Waals surface area contributed by atoms with Gasteiger partial charge in [-0.1, -0.05) is 296 Å². The van der Waals surface area contributed by atoms with Crippen LogP contribution in [-0.4, -0.2) is 99.6 Å². The Morgan fingerprint density at radius 1 is 0.449 bits per heavy atom. The van der Waals surface area contributed by atoms with Crippen molar-refractivity contribution < 1.29 is 49.3 Å². The first-order valence-electron chi connectivity index (χ1n) is 36.3. The third-order valence-electron chi connectivity index (χ3n) is 16.3. The summed E-state index contributed by atoms with van der Waals surface area (Å²) in [6, 6.07) is -1.04. The van der Waals surface area contributed by atoms with Crippen molar-refractivity contribution in [2.24, 2.45) is 0 Å². The number of nitrogens with one attached hydrogen (secondary N) is 1. The van der Waals surface area contributed by atoms with Crippen LogP contribution < -0.4 is 5.32 Å². The Bertz CT molecular complexity index is 1920. The average molecular weight is 1240 g/mol. The van der Waals surface area contributed by atoms with E-state index in [0.717, 1.165) is 141 Å². The molecule has 0 aromatic carbocycles. The first kappa shape index (κ1) is 83.1. The SMILES string of the molecule is CC/C=C\C/C=C\C/C=C\C/C=C\C/C=C\CCCCCCCCCCC(O)C(=O)NC(COC1OC(CO)C(O)C(O)C1OC(=O)CCCCCCCCCCC/C=C\C/C=C\C/C=C\C/C=C\CCCCC)C(O)/C=C/CCCCCCCCCCC. The molecule has 0 aromatic rings. The molecule has 1 aliphatic rings. The average Bonchev–Trinajstić information content (AvgIpc) is 3.72. The lowest BCUT2D eigenvalue weighted by Gasteiger charge is -2.41. The monoisotopic (exact) mass is 1240 g/mol. The second kappa shape index (κ2) is 64.2. The Morgan fingerprint density at radius 2 is 0.809 bits per heavy atom. The minimum Gasteiger partial charge on any atom is -0.454 e. The van der Waals surface area contributed by atoms with Gasteiger partial charge in [-0.05, 0) is 116 Å². The van der Waals surface area contributed by atoms with Gasteiger partial charge in [0.05, 0.1) is 25.4 Å². The summed E-state index contributed by atoms with van der Waals surface area (Å²) in [6.07, 6.45) is 79.5. The number of amides is 1. The van der Waals surface area contributed by atoms with E-state index in [0.29, 0.717) is 12.8 Å². The zero-order valence-electron chi connectivity index (χ0n) is 56.8. The molecule has 0 saturated carbocycles. The highest BCUT2D eigenvalue weighted by molar-refractivity contribution is 5.80. The number of allylic oxidation sites excluding steroid dienone is 19. The Morgan fingerprint density at radius 3 is 1.24 bits per heavy atom. The van der Waals surface area contributed by atoms with Crippen molar-refractivity contribution in [3.63, 3.8) is 0 Å². The number of carbonyl (C=O) groups is 2. The molecule has 1 heterocycles. The van der Waals surface area contributed by atoms with Crippen LogP contribution in [0.1, 0.15) is 297 Å². The van der Waals surface area contributed by atoms with E-state index in [1.807, 2.05) is 6.08 Å². The summed E-state index contributed by atoms with van der Waals surface area (Å²) in [7, 11) is 0. The van der Waals surface area contributed by atoms with E-state index in [-0.39, 0.29) is 19.4 Å². The number of hydrogen-bond donors (Lipinski definition) is 6. The maximum Gasteiger partial charge on any atom is 0.306 e. The molecule has 1 amide bonds. The smallest absolute Gasteiger partial charge is 0.306 e. The van der Waals surface area contributed by atoms with Gasteiger partial charge in [0.2, 0.25) is 5.91 Å². The number of esters is 1. The summed E-state index contributed by atoms with van der Waals surface area (Å²) >= 11 is 0. The number of rotatable bonds is 61. The van der Waals surface area contributed by atoms with Gasteiger partial charge in [0.1, 0.15) is 24.4 Å². The van der Waals surface area contributed by atoms with Crippen molar-refractivity contribution in [3.05, 3.63) is 122 Å². The van der Waals surface area contributed by atoms with Gasteiger partial charge in [0.25, 0.3) is 0 Å². The summed E-state index contributed by atoms with van der Waals surface area (Å²) in [6.45, 7) is 5.65. The van der Waals surface area contributed by atoms with Gasteiger partial charge in [0.15, 0.2) is 12.4 Å². The van der Waals surface area contributed by atoms with Crippen LogP contribution in [0.5, 0.6) is 0 Å². The summed E-state index contributed by atoms with van der Waals surface area (Å²) < 4.78 is 17.7. The number of hydrogen-bond acceptors (Lipinski definition) is 10. The van der Waals surface area contributed by atoms with E-state index in [2.05, 4.69) is 135 Å². The second-order valence-electron chi connectivity index (χ2n) is 24.6. The predicted molar refractivity (Wildman–Crippen MR) is 374 cm³/mol. The number of aliphatic hydroxyl groups excluding tert-OH is 5. The molecule has 0 aliphatic carbocycles. The molecule has 0 radical (unpaired) electrons. The maximum absolute atomic E-state index is 13.5. The van der Waals surface area contributed by atoms with Crippen LogP contribution in [0.15, 0.2) is 122 Å². The third-order valence-corrected chi connectivity index (χ3v) is 16.3. The normalized spacial score (nSPS) is 18.9. The van der Waals surface area contributed by atoms with E-state index in [1.165, 1.54) is 109 Å². The van der Waals surface area contributed by atoms with Crippen molar-refractivity contribution in [2.75, 3.05) is 13.2 Å². The lowest BCUT2D eigenvalue weighted by atomic mass is 9.99. The molecule has 0 bridgehead atoms. The van der Waals surface area contributed by atoms with Crippen molar-refractivity contribution in [2.45, 2.75) is 346 Å². The minimum atomic E-state index is -1.63. The largest absolute Gasteiger partial charge is 0.454 e. The van der Waals surface area contributed by atoms with Gasteiger partial charge in [-0.3, -0.25) is 9.59 Å². The fourth-order valence-electron chi connectivity index (χ4n) is 10.7. The standard InChI is InChI=1S/C78H133NO10/c1-4-7-10-13-16-19-22-24-26-28-30-32-34-36-38-40-42-44-46-48-51-54-57-60-63-66-73(83)89-76-75(85)74(84)72(67-80)88-78(76)87-68-69(70(81)64-61-58-55-52-49-21-18-15-12-9-6-3)79-77(86)71(82)65-62-59-56-53-50-47-45-43-41-39-37-35-33-31-29-27-25-23-20-17-14-11-8-5-2/h8,11,16-17,19-20,24-27,30-33,36-39,61,64,69-72,74-76,78,80-82,84-85H,4-7,9-10,12-15,18,21-23,28-29,34-35,40-60,62-63,65-68H2,1-3H3,(H,79,86)/b11-8-,19-16-,20-17-,26-24-,27-25-,32-30-,33-31-,38-36-,39-37-,64-61+. The van der Waals surface area contributed by atoms with E-state index in [9.17, 15) is 35.1 Å². The van der Waals surface area contributed by atoms with Gasteiger partial charge in [0, 0.05) is 6.42 Å². The van der Waals surface area contributed by atoms with Gasteiger partial charge in [-0.25, -0.2) is 0 Å². The van der Waals surface area contributed by atoms with Crippen LogP contribution in [0.25, 0.3) is 0 Å². The Hall–Kier alpha value is -3.94. The van der Waals surface area contributed by atoms with E-state index in [1.54, 1.807) is 6.08 Å². The molecule has 89 heavy (non-hydrogen) atoms. The topological polar surface area (TPSA) is 175 Å². The van der Waals surface area contributed by atoms with Gasteiger partial charge < -0.3 is 45.1 Å². The summed E-state index contributed by atoms with van der Waals surface area (Å²) in [5.41, 5.74) is 0. The lowest BCUT2D eigenvalue weighted by molar-refractivity contribution is -0.305. The molecule has 11 nitrogen and oxygen atoms in total. The molecule has 8 atom stereocenters. The first-order chi connectivity index (χ1) is 43.7. The van der Waals surface area contributed by atoms with Crippen LogP contribution in [0.3, 0.4) is 0 Å². The predicted octanol–water partition coefficient (Wildman–Crippen LogP) is 19.0. The number of aliphatic hydroxyl groups is 5. The zero-order chi connectivity index (χ0) is 64.6. The molecule has 0 aromatic heterocycles. The van der Waals surface area contributed by atoms with Gasteiger partial charge in [-0.2, -0.15) is 0 Å².